The average Bonchev–Trinajstić information content (AvgIpc) is 2.53. The minimum Gasteiger partial charge on any atom is -0.369 e. The van der Waals surface area contributed by atoms with E-state index in [2.05, 4.69) is 53.2 Å². The highest BCUT2D eigenvalue weighted by Crippen LogP contribution is 2.45. The molecule has 1 atom stereocenters. The zero-order valence-electron chi connectivity index (χ0n) is 8.38. The van der Waals surface area contributed by atoms with E-state index in [9.17, 15) is 0 Å². The smallest absolute Gasteiger partial charge is 0.113 e. The quantitative estimate of drug-likeness (QED) is 0.781. The zero-order valence-corrected chi connectivity index (χ0v) is 9.97. The molecule has 1 aromatic carbocycles. The number of halogens is 1. The SMILES string of the molecule is CC[C@@]1(OC)C=C(Br)c2ccccc21. The number of fused-ring (bicyclic) bond motifs is 1. The lowest BCUT2D eigenvalue weighted by atomic mass is 9.93. The van der Waals surface area contributed by atoms with Crippen LogP contribution in [0.25, 0.3) is 4.48 Å². The molecule has 0 unspecified atom stereocenters. The van der Waals surface area contributed by atoms with Gasteiger partial charge in [-0.25, -0.2) is 0 Å². The Kier molecular flexibility index (Phi) is 2.50. The largest absolute Gasteiger partial charge is 0.369 e. The minimum atomic E-state index is -0.227. The van der Waals surface area contributed by atoms with Gasteiger partial charge in [0.25, 0.3) is 0 Å². The monoisotopic (exact) mass is 252 g/mol. The van der Waals surface area contributed by atoms with Gasteiger partial charge in [-0.1, -0.05) is 47.1 Å². The summed E-state index contributed by atoms with van der Waals surface area (Å²) >= 11 is 3.58. The van der Waals surface area contributed by atoms with Crippen molar-refractivity contribution in [2.24, 2.45) is 0 Å². The fourth-order valence-electron chi connectivity index (χ4n) is 2.03. The van der Waals surface area contributed by atoms with Gasteiger partial charge in [0.15, 0.2) is 0 Å². The standard InChI is InChI=1S/C12H13BrO/c1-3-12(14-2)8-11(13)9-6-4-5-7-10(9)12/h4-8H,3H2,1-2H3/t12-/m1/s1. The molecule has 0 aromatic heterocycles. The molecule has 0 fully saturated rings. The molecular weight excluding hydrogens is 240 g/mol. The Labute approximate surface area is 92.9 Å². The fourth-order valence-corrected chi connectivity index (χ4v) is 2.74. The molecule has 2 heteroatoms. The molecule has 1 nitrogen and oxygen atoms in total. The lowest BCUT2D eigenvalue weighted by molar-refractivity contribution is 0.0285. The second-order valence-electron chi connectivity index (χ2n) is 3.49. The van der Waals surface area contributed by atoms with Crippen molar-refractivity contribution >= 4 is 20.4 Å². The Morgan fingerprint density at radius 3 is 2.71 bits per heavy atom. The summed E-state index contributed by atoms with van der Waals surface area (Å²) in [5.74, 6) is 0. The highest BCUT2D eigenvalue weighted by Gasteiger charge is 2.35. The first-order valence-electron chi connectivity index (χ1n) is 4.77. The van der Waals surface area contributed by atoms with E-state index in [-0.39, 0.29) is 5.60 Å². The summed E-state index contributed by atoms with van der Waals surface area (Å²) in [5.41, 5.74) is 2.28. The van der Waals surface area contributed by atoms with Gasteiger partial charge in [-0.3, -0.25) is 0 Å². The number of hydrogen-bond donors (Lipinski definition) is 0. The molecule has 2 rings (SSSR count). The Bertz CT molecular complexity index is 378. The molecule has 0 amide bonds. The third-order valence-corrected chi connectivity index (χ3v) is 3.55. The molecule has 74 valence electrons. The average molecular weight is 253 g/mol. The lowest BCUT2D eigenvalue weighted by Crippen LogP contribution is -2.22. The maximum Gasteiger partial charge on any atom is 0.113 e. The Balaban J connectivity index is 2.61. The van der Waals surface area contributed by atoms with Gasteiger partial charge in [0.1, 0.15) is 5.60 Å². The van der Waals surface area contributed by atoms with Crippen molar-refractivity contribution in [3.8, 4) is 0 Å². The number of ether oxygens (including phenoxy) is 1. The minimum absolute atomic E-state index is 0.227. The van der Waals surface area contributed by atoms with Gasteiger partial charge in [-0.2, -0.15) is 0 Å². The van der Waals surface area contributed by atoms with Gasteiger partial charge in [0.2, 0.25) is 0 Å². The van der Waals surface area contributed by atoms with E-state index < -0.39 is 0 Å². The second-order valence-corrected chi connectivity index (χ2v) is 4.34. The molecule has 1 aromatic rings. The molecule has 0 heterocycles. The van der Waals surface area contributed by atoms with E-state index in [1.54, 1.807) is 7.11 Å². The summed E-state index contributed by atoms with van der Waals surface area (Å²) in [7, 11) is 1.77. The predicted molar refractivity (Wildman–Crippen MR) is 62.3 cm³/mol. The summed E-state index contributed by atoms with van der Waals surface area (Å²) in [4.78, 5) is 0. The molecule has 1 aliphatic carbocycles. The van der Waals surface area contributed by atoms with Gasteiger partial charge in [0, 0.05) is 11.6 Å². The van der Waals surface area contributed by atoms with Crippen LogP contribution in [0.1, 0.15) is 24.5 Å². The number of rotatable bonds is 2. The van der Waals surface area contributed by atoms with E-state index in [4.69, 9.17) is 4.74 Å². The fraction of sp³-hybridized carbons (Fsp3) is 0.333. The van der Waals surface area contributed by atoms with Crippen LogP contribution in [0.4, 0.5) is 0 Å². The first-order valence-corrected chi connectivity index (χ1v) is 5.56. The molecule has 14 heavy (non-hydrogen) atoms. The van der Waals surface area contributed by atoms with Crippen LogP contribution in [0.2, 0.25) is 0 Å². The number of hydrogen-bond acceptors (Lipinski definition) is 1. The van der Waals surface area contributed by atoms with Gasteiger partial charge >= 0.3 is 0 Å². The van der Waals surface area contributed by atoms with Gasteiger partial charge in [-0.15, -0.1) is 0 Å². The van der Waals surface area contributed by atoms with E-state index in [1.165, 1.54) is 11.1 Å². The molecule has 0 N–H and O–H groups in total. The van der Waals surface area contributed by atoms with Crippen molar-refractivity contribution in [2.75, 3.05) is 7.11 Å². The van der Waals surface area contributed by atoms with Crippen LogP contribution >= 0.6 is 15.9 Å². The van der Waals surface area contributed by atoms with E-state index in [1.807, 2.05) is 0 Å². The summed E-state index contributed by atoms with van der Waals surface area (Å²) in [6, 6.07) is 8.36. The van der Waals surface area contributed by atoms with E-state index in [0.717, 1.165) is 10.9 Å². The van der Waals surface area contributed by atoms with Crippen molar-refractivity contribution < 1.29 is 4.74 Å². The topological polar surface area (TPSA) is 9.23 Å². The van der Waals surface area contributed by atoms with Crippen molar-refractivity contribution in [1.82, 2.24) is 0 Å². The van der Waals surface area contributed by atoms with E-state index >= 15 is 0 Å². The van der Waals surface area contributed by atoms with Crippen molar-refractivity contribution in [3.05, 3.63) is 41.5 Å². The van der Waals surface area contributed by atoms with Crippen molar-refractivity contribution in [3.63, 3.8) is 0 Å². The molecule has 1 aliphatic rings. The first-order chi connectivity index (χ1) is 6.73. The molecule has 0 spiro atoms. The summed E-state index contributed by atoms with van der Waals surface area (Å²) in [6.45, 7) is 2.14. The Morgan fingerprint density at radius 2 is 2.07 bits per heavy atom. The van der Waals surface area contributed by atoms with Crippen LogP contribution < -0.4 is 0 Å². The molecule has 0 aliphatic heterocycles. The Morgan fingerprint density at radius 1 is 1.36 bits per heavy atom. The van der Waals surface area contributed by atoms with Crippen molar-refractivity contribution in [2.45, 2.75) is 18.9 Å². The van der Waals surface area contributed by atoms with E-state index in [0.29, 0.717) is 0 Å². The zero-order chi connectivity index (χ0) is 10.2. The van der Waals surface area contributed by atoms with Crippen LogP contribution in [-0.4, -0.2) is 7.11 Å². The van der Waals surface area contributed by atoms with Crippen LogP contribution in [0.3, 0.4) is 0 Å². The molecular formula is C12H13BrO. The normalized spacial score (nSPS) is 24.6. The third-order valence-electron chi connectivity index (χ3n) is 2.89. The summed E-state index contributed by atoms with van der Waals surface area (Å²) < 4.78 is 6.77. The van der Waals surface area contributed by atoms with Gasteiger partial charge in [-0.05, 0) is 23.6 Å². The highest BCUT2D eigenvalue weighted by atomic mass is 79.9. The van der Waals surface area contributed by atoms with Gasteiger partial charge < -0.3 is 4.74 Å². The lowest BCUT2D eigenvalue weighted by Gasteiger charge is -2.25. The molecule has 0 bridgehead atoms. The summed E-state index contributed by atoms with van der Waals surface area (Å²) in [6.07, 6.45) is 3.10. The molecule has 0 saturated carbocycles. The first kappa shape index (κ1) is 9.94. The molecule has 0 saturated heterocycles. The second kappa shape index (κ2) is 3.52. The van der Waals surface area contributed by atoms with Crippen LogP contribution in [0.5, 0.6) is 0 Å². The van der Waals surface area contributed by atoms with Crippen LogP contribution in [-0.2, 0) is 10.3 Å². The summed E-state index contributed by atoms with van der Waals surface area (Å²) in [5, 5.41) is 0. The maximum atomic E-state index is 5.64. The Hall–Kier alpha value is -0.600. The number of benzene rings is 1. The maximum absolute atomic E-state index is 5.64. The van der Waals surface area contributed by atoms with Gasteiger partial charge in [0.05, 0.1) is 0 Å². The predicted octanol–water partition coefficient (Wildman–Crippen LogP) is 3.69. The highest BCUT2D eigenvalue weighted by molar-refractivity contribution is 9.15. The van der Waals surface area contributed by atoms with Crippen LogP contribution in [0.15, 0.2) is 30.3 Å². The molecule has 0 radical (unpaired) electrons. The number of methoxy groups -OCH3 is 1. The third kappa shape index (κ3) is 1.25. The van der Waals surface area contributed by atoms with Crippen LogP contribution in [0, 0.1) is 0 Å². The van der Waals surface area contributed by atoms with Crippen molar-refractivity contribution in [1.29, 1.82) is 0 Å².